The fourth-order valence-corrected chi connectivity index (χ4v) is 3.72. The molecule has 0 saturated heterocycles. The van der Waals surface area contributed by atoms with E-state index in [9.17, 15) is 12.8 Å². The number of nitrogens with zero attached hydrogens (tertiary/aromatic N) is 1. The molecule has 0 unspecified atom stereocenters. The second-order valence-corrected chi connectivity index (χ2v) is 7.73. The summed E-state index contributed by atoms with van der Waals surface area (Å²) in [4.78, 5) is 0.0395. The molecule has 4 nitrogen and oxygen atoms in total. The van der Waals surface area contributed by atoms with Crippen LogP contribution in [0.2, 0.25) is 0 Å². The topological polar surface area (TPSA) is 63.4 Å². The first-order valence-electron chi connectivity index (χ1n) is 6.69. The average Bonchev–Trinajstić information content (AvgIpc) is 2.30. The molecule has 1 rings (SSSR count). The lowest BCUT2D eigenvalue weighted by atomic mass is 10.2. The van der Waals surface area contributed by atoms with Gasteiger partial charge in [-0.15, -0.1) is 0 Å². The lowest BCUT2D eigenvalue weighted by Crippen LogP contribution is -2.37. The van der Waals surface area contributed by atoms with Crippen molar-refractivity contribution in [3.8, 4) is 0 Å². The number of hydrogen-bond acceptors (Lipinski definition) is 3. The second kappa shape index (κ2) is 6.54. The number of nitrogen functional groups attached to an aromatic ring is 1. The van der Waals surface area contributed by atoms with Gasteiger partial charge in [0.15, 0.2) is 0 Å². The minimum atomic E-state index is -3.64. The molecule has 0 saturated carbocycles. The lowest BCUT2D eigenvalue weighted by Gasteiger charge is -2.25. The number of sulfonamides is 1. The molecular formula is C14H23FN2O2S. The van der Waals surface area contributed by atoms with Crippen molar-refractivity contribution < 1.29 is 12.8 Å². The maximum Gasteiger partial charge on any atom is 0.243 e. The molecule has 1 aromatic rings. The highest BCUT2D eigenvalue weighted by Gasteiger charge is 2.26. The van der Waals surface area contributed by atoms with Gasteiger partial charge in [-0.2, -0.15) is 4.31 Å². The first-order chi connectivity index (χ1) is 9.14. The van der Waals surface area contributed by atoms with E-state index in [4.69, 9.17) is 5.73 Å². The van der Waals surface area contributed by atoms with Crippen molar-refractivity contribution in [2.75, 3.05) is 18.8 Å². The van der Waals surface area contributed by atoms with Crippen LogP contribution in [0.5, 0.6) is 0 Å². The highest BCUT2D eigenvalue weighted by molar-refractivity contribution is 7.89. The first-order valence-corrected chi connectivity index (χ1v) is 8.13. The molecule has 20 heavy (non-hydrogen) atoms. The number of rotatable bonds is 6. The van der Waals surface area contributed by atoms with Crippen LogP contribution < -0.4 is 5.73 Å². The molecule has 0 radical (unpaired) electrons. The Labute approximate surface area is 120 Å². The van der Waals surface area contributed by atoms with Gasteiger partial charge in [-0.05, 0) is 30.0 Å². The molecule has 0 aliphatic heterocycles. The molecule has 0 atom stereocenters. The van der Waals surface area contributed by atoms with Gasteiger partial charge in [0.1, 0.15) is 5.82 Å². The van der Waals surface area contributed by atoms with Crippen LogP contribution in [-0.2, 0) is 10.0 Å². The van der Waals surface area contributed by atoms with E-state index in [1.165, 1.54) is 16.4 Å². The summed E-state index contributed by atoms with van der Waals surface area (Å²) in [6, 6.07) is 3.53. The zero-order chi connectivity index (χ0) is 15.5. The monoisotopic (exact) mass is 302 g/mol. The Balaban J connectivity index is 3.17. The van der Waals surface area contributed by atoms with Crippen molar-refractivity contribution in [2.45, 2.75) is 32.6 Å². The van der Waals surface area contributed by atoms with Gasteiger partial charge < -0.3 is 5.73 Å². The summed E-state index contributed by atoms with van der Waals surface area (Å²) in [6.45, 7) is 8.70. The third-order valence-electron chi connectivity index (χ3n) is 2.74. The Bertz CT molecular complexity index is 546. The SMILES string of the molecule is CC(C)CN(CC(C)C)S(=O)(=O)c1ccc(F)c(N)c1. The third kappa shape index (κ3) is 4.18. The van der Waals surface area contributed by atoms with Crippen molar-refractivity contribution in [3.05, 3.63) is 24.0 Å². The largest absolute Gasteiger partial charge is 0.396 e. The molecule has 0 spiro atoms. The predicted molar refractivity (Wildman–Crippen MR) is 79.2 cm³/mol. The van der Waals surface area contributed by atoms with Crippen molar-refractivity contribution in [3.63, 3.8) is 0 Å². The Morgan fingerprint density at radius 1 is 1.15 bits per heavy atom. The maximum atomic E-state index is 13.2. The Kier molecular flexibility index (Phi) is 5.53. The van der Waals surface area contributed by atoms with Crippen LogP contribution in [0.4, 0.5) is 10.1 Å². The van der Waals surface area contributed by atoms with E-state index in [0.29, 0.717) is 13.1 Å². The van der Waals surface area contributed by atoms with E-state index in [0.717, 1.165) is 6.07 Å². The van der Waals surface area contributed by atoms with Gasteiger partial charge in [-0.3, -0.25) is 0 Å². The van der Waals surface area contributed by atoms with Gasteiger partial charge in [0.05, 0.1) is 10.6 Å². The summed E-state index contributed by atoms with van der Waals surface area (Å²) in [5.41, 5.74) is 5.31. The number of hydrogen-bond donors (Lipinski definition) is 1. The number of nitrogens with two attached hydrogens (primary N) is 1. The number of halogens is 1. The molecule has 0 aliphatic carbocycles. The highest BCUT2D eigenvalue weighted by Crippen LogP contribution is 2.22. The smallest absolute Gasteiger partial charge is 0.243 e. The van der Waals surface area contributed by atoms with Gasteiger partial charge in [-0.1, -0.05) is 27.7 Å². The van der Waals surface area contributed by atoms with E-state index < -0.39 is 15.8 Å². The van der Waals surface area contributed by atoms with E-state index in [1.807, 2.05) is 27.7 Å². The van der Waals surface area contributed by atoms with Crippen LogP contribution in [0, 0.1) is 17.7 Å². The summed E-state index contributed by atoms with van der Waals surface area (Å²) < 4.78 is 39.8. The molecule has 0 bridgehead atoms. The number of benzene rings is 1. The van der Waals surface area contributed by atoms with Crippen molar-refractivity contribution >= 4 is 15.7 Å². The van der Waals surface area contributed by atoms with Crippen molar-refractivity contribution in [2.24, 2.45) is 11.8 Å². The summed E-state index contributed by atoms with van der Waals surface area (Å²) in [5, 5.41) is 0. The Hall–Kier alpha value is -1.14. The fourth-order valence-electron chi connectivity index (χ4n) is 1.92. The van der Waals surface area contributed by atoms with Crippen molar-refractivity contribution in [1.29, 1.82) is 0 Å². The summed E-state index contributed by atoms with van der Waals surface area (Å²) >= 11 is 0. The summed E-state index contributed by atoms with van der Waals surface area (Å²) in [5.74, 6) is -0.189. The first kappa shape index (κ1) is 16.9. The van der Waals surface area contributed by atoms with Gasteiger partial charge in [0.25, 0.3) is 0 Å². The Morgan fingerprint density at radius 2 is 1.65 bits per heavy atom. The molecule has 0 aliphatic rings. The van der Waals surface area contributed by atoms with Crippen LogP contribution >= 0.6 is 0 Å². The highest BCUT2D eigenvalue weighted by atomic mass is 32.2. The molecule has 0 heterocycles. The fraction of sp³-hybridized carbons (Fsp3) is 0.571. The molecular weight excluding hydrogens is 279 g/mol. The standard InChI is InChI=1S/C14H23FN2O2S/c1-10(2)8-17(9-11(3)4)20(18,19)12-5-6-13(15)14(16)7-12/h5-7,10-11H,8-9,16H2,1-4H3. The van der Waals surface area contributed by atoms with Crippen molar-refractivity contribution in [1.82, 2.24) is 4.31 Å². The normalized spacial score (nSPS) is 12.6. The molecule has 114 valence electrons. The molecule has 0 aromatic heterocycles. The van der Waals surface area contributed by atoms with Crippen LogP contribution in [0.25, 0.3) is 0 Å². The van der Waals surface area contributed by atoms with Crippen LogP contribution in [-0.4, -0.2) is 25.8 Å². The summed E-state index contributed by atoms with van der Waals surface area (Å²) in [7, 11) is -3.64. The minimum Gasteiger partial charge on any atom is -0.396 e. The van der Waals surface area contributed by atoms with E-state index >= 15 is 0 Å². The van der Waals surface area contributed by atoms with E-state index in [2.05, 4.69) is 0 Å². The van der Waals surface area contributed by atoms with Gasteiger partial charge in [-0.25, -0.2) is 12.8 Å². The third-order valence-corrected chi connectivity index (χ3v) is 4.57. The van der Waals surface area contributed by atoms with E-state index in [-0.39, 0.29) is 22.4 Å². The molecule has 2 N–H and O–H groups in total. The van der Waals surface area contributed by atoms with Crippen LogP contribution in [0.15, 0.2) is 23.1 Å². The lowest BCUT2D eigenvalue weighted by molar-refractivity contribution is 0.333. The van der Waals surface area contributed by atoms with Crippen LogP contribution in [0.1, 0.15) is 27.7 Å². The second-order valence-electron chi connectivity index (χ2n) is 5.79. The minimum absolute atomic E-state index is 0.0395. The van der Waals surface area contributed by atoms with Gasteiger partial charge in [0.2, 0.25) is 10.0 Å². The summed E-state index contributed by atoms with van der Waals surface area (Å²) in [6.07, 6.45) is 0. The molecule has 6 heteroatoms. The molecule has 0 fully saturated rings. The van der Waals surface area contributed by atoms with Gasteiger partial charge >= 0.3 is 0 Å². The number of anilines is 1. The zero-order valence-corrected chi connectivity index (χ0v) is 13.2. The molecule has 0 amide bonds. The average molecular weight is 302 g/mol. The maximum absolute atomic E-state index is 13.2. The zero-order valence-electron chi connectivity index (χ0n) is 12.4. The molecule has 1 aromatic carbocycles. The van der Waals surface area contributed by atoms with Gasteiger partial charge in [0, 0.05) is 13.1 Å². The van der Waals surface area contributed by atoms with E-state index in [1.54, 1.807) is 0 Å². The predicted octanol–water partition coefficient (Wildman–Crippen LogP) is 2.71. The van der Waals surface area contributed by atoms with Crippen LogP contribution in [0.3, 0.4) is 0 Å². The Morgan fingerprint density at radius 3 is 2.05 bits per heavy atom. The quantitative estimate of drug-likeness (QED) is 0.822.